The number of nitrogens with zero attached hydrogens (tertiary/aromatic N) is 3. The third kappa shape index (κ3) is 5.23. The zero-order chi connectivity index (χ0) is 20.1. The highest BCUT2D eigenvalue weighted by atomic mass is 35.5. The number of hydrogen-bond donors (Lipinski definition) is 1. The van der Waals surface area contributed by atoms with Gasteiger partial charge in [-0.05, 0) is 44.0 Å². The van der Waals surface area contributed by atoms with Crippen LogP contribution in [0.25, 0.3) is 0 Å². The molecule has 6 nitrogen and oxygen atoms in total. The van der Waals surface area contributed by atoms with E-state index in [2.05, 4.69) is 15.2 Å². The van der Waals surface area contributed by atoms with E-state index >= 15 is 0 Å². The van der Waals surface area contributed by atoms with Gasteiger partial charge < -0.3 is 15.1 Å². The smallest absolute Gasteiger partial charge is 0.243 e. The highest BCUT2D eigenvalue weighted by Gasteiger charge is 2.28. The molecule has 0 radical (unpaired) electrons. The molecule has 1 saturated heterocycles. The molecule has 1 N–H and O–H groups in total. The summed E-state index contributed by atoms with van der Waals surface area (Å²) in [6.45, 7) is 3.56. The largest absolute Gasteiger partial charge is 0.357 e. The van der Waals surface area contributed by atoms with E-state index in [-0.39, 0.29) is 24.3 Å². The van der Waals surface area contributed by atoms with Gasteiger partial charge in [0.15, 0.2) is 0 Å². The van der Waals surface area contributed by atoms with Crippen LogP contribution in [0, 0.1) is 12.8 Å². The summed E-state index contributed by atoms with van der Waals surface area (Å²) in [6, 6.07) is 11.3. The number of benzene rings is 1. The van der Waals surface area contributed by atoms with Gasteiger partial charge in [0.05, 0.1) is 11.6 Å². The second-order valence-corrected chi connectivity index (χ2v) is 7.64. The van der Waals surface area contributed by atoms with Crippen molar-refractivity contribution in [1.29, 1.82) is 0 Å². The Kier molecular flexibility index (Phi) is 6.52. The maximum Gasteiger partial charge on any atom is 0.243 e. The second-order valence-electron chi connectivity index (χ2n) is 7.20. The van der Waals surface area contributed by atoms with E-state index in [1.807, 2.05) is 43.3 Å². The van der Waals surface area contributed by atoms with Crippen LogP contribution in [0.1, 0.15) is 18.4 Å². The van der Waals surface area contributed by atoms with Crippen LogP contribution in [0.2, 0.25) is 5.02 Å². The standard InChI is InChI=1S/C21H25ClN4O2/c1-15-3-6-18(7-4-15)24-20(27)14-25(2)21(28)16-9-11-26(12-10-16)19-8-5-17(22)13-23-19/h3-8,13,16H,9-12,14H2,1-2H3,(H,24,27). The number of nitrogens with one attached hydrogen (secondary N) is 1. The van der Waals surface area contributed by atoms with Crippen molar-refractivity contribution in [1.82, 2.24) is 9.88 Å². The van der Waals surface area contributed by atoms with Gasteiger partial charge in [0, 0.05) is 37.9 Å². The van der Waals surface area contributed by atoms with Crippen molar-refractivity contribution in [2.45, 2.75) is 19.8 Å². The highest BCUT2D eigenvalue weighted by Crippen LogP contribution is 2.24. The normalized spacial score (nSPS) is 14.6. The van der Waals surface area contributed by atoms with Gasteiger partial charge in [-0.3, -0.25) is 9.59 Å². The van der Waals surface area contributed by atoms with Gasteiger partial charge in [-0.2, -0.15) is 0 Å². The van der Waals surface area contributed by atoms with Crippen LogP contribution in [0.15, 0.2) is 42.6 Å². The molecule has 0 bridgehead atoms. The maximum atomic E-state index is 12.7. The third-order valence-electron chi connectivity index (χ3n) is 4.97. The summed E-state index contributed by atoms with van der Waals surface area (Å²) in [7, 11) is 1.68. The number of carbonyl (C=O) groups is 2. The molecule has 3 rings (SSSR count). The fourth-order valence-electron chi connectivity index (χ4n) is 3.35. The van der Waals surface area contributed by atoms with Crippen molar-refractivity contribution < 1.29 is 9.59 Å². The van der Waals surface area contributed by atoms with E-state index in [1.54, 1.807) is 13.2 Å². The molecule has 2 aromatic rings. The number of carbonyl (C=O) groups excluding carboxylic acids is 2. The predicted octanol–water partition coefficient (Wildman–Crippen LogP) is 3.36. The number of hydrogen-bond acceptors (Lipinski definition) is 4. The average Bonchev–Trinajstić information content (AvgIpc) is 2.70. The molecule has 148 valence electrons. The molecule has 28 heavy (non-hydrogen) atoms. The molecule has 0 spiro atoms. The molecule has 0 unspecified atom stereocenters. The number of piperidine rings is 1. The summed E-state index contributed by atoms with van der Waals surface area (Å²) >= 11 is 5.89. The Bertz CT molecular complexity index is 815. The summed E-state index contributed by atoms with van der Waals surface area (Å²) in [5.41, 5.74) is 1.87. The molecular weight excluding hydrogens is 376 g/mol. The van der Waals surface area contributed by atoms with Crippen molar-refractivity contribution in [2.24, 2.45) is 5.92 Å². The van der Waals surface area contributed by atoms with Crippen LogP contribution >= 0.6 is 11.6 Å². The predicted molar refractivity (Wildman–Crippen MR) is 112 cm³/mol. The number of amides is 2. The first kappa shape index (κ1) is 20.1. The Morgan fingerprint density at radius 2 is 1.86 bits per heavy atom. The minimum Gasteiger partial charge on any atom is -0.357 e. The molecule has 1 aromatic heterocycles. The van der Waals surface area contributed by atoms with Gasteiger partial charge in [-0.15, -0.1) is 0 Å². The minimum absolute atomic E-state index is 0.0165. The first-order valence-electron chi connectivity index (χ1n) is 9.40. The van der Waals surface area contributed by atoms with E-state index in [9.17, 15) is 9.59 Å². The Morgan fingerprint density at radius 3 is 2.46 bits per heavy atom. The summed E-state index contributed by atoms with van der Waals surface area (Å²) in [5.74, 6) is 0.632. The summed E-state index contributed by atoms with van der Waals surface area (Å²) in [6.07, 6.45) is 3.12. The van der Waals surface area contributed by atoms with E-state index in [4.69, 9.17) is 11.6 Å². The lowest BCUT2D eigenvalue weighted by Gasteiger charge is -2.33. The van der Waals surface area contributed by atoms with E-state index in [1.165, 1.54) is 4.90 Å². The van der Waals surface area contributed by atoms with Gasteiger partial charge in [0.1, 0.15) is 5.82 Å². The summed E-state index contributed by atoms with van der Waals surface area (Å²) in [4.78, 5) is 33.0. The van der Waals surface area contributed by atoms with E-state index < -0.39 is 0 Å². The van der Waals surface area contributed by atoms with Crippen LogP contribution in [-0.4, -0.2) is 48.4 Å². The number of rotatable bonds is 5. The Hall–Kier alpha value is -2.60. The van der Waals surface area contributed by atoms with Crippen molar-refractivity contribution >= 4 is 34.9 Å². The molecule has 1 aliphatic rings. The van der Waals surface area contributed by atoms with Crippen molar-refractivity contribution in [3.05, 3.63) is 53.2 Å². The number of likely N-dealkylation sites (N-methyl/N-ethyl adjacent to an activating group) is 1. The number of pyridine rings is 1. The van der Waals surface area contributed by atoms with Crippen LogP contribution in [0.3, 0.4) is 0 Å². The number of anilines is 2. The minimum atomic E-state index is -0.192. The van der Waals surface area contributed by atoms with Crippen LogP contribution in [-0.2, 0) is 9.59 Å². The van der Waals surface area contributed by atoms with Gasteiger partial charge in [-0.1, -0.05) is 29.3 Å². The molecule has 0 saturated carbocycles. The van der Waals surface area contributed by atoms with Crippen molar-refractivity contribution in [3.63, 3.8) is 0 Å². The maximum absolute atomic E-state index is 12.7. The molecule has 2 amide bonds. The molecular formula is C21H25ClN4O2. The van der Waals surface area contributed by atoms with Crippen LogP contribution < -0.4 is 10.2 Å². The SMILES string of the molecule is Cc1ccc(NC(=O)CN(C)C(=O)C2CCN(c3ccc(Cl)cn3)CC2)cc1. The van der Waals surface area contributed by atoms with E-state index in [0.29, 0.717) is 5.02 Å². The lowest BCUT2D eigenvalue weighted by atomic mass is 9.95. The summed E-state index contributed by atoms with van der Waals surface area (Å²) < 4.78 is 0. The molecule has 1 aliphatic heterocycles. The van der Waals surface area contributed by atoms with Gasteiger partial charge in [0.25, 0.3) is 0 Å². The van der Waals surface area contributed by atoms with Crippen LogP contribution in [0.4, 0.5) is 11.5 Å². The Labute approximate surface area is 170 Å². The molecule has 1 aromatic carbocycles. The number of aryl methyl sites for hydroxylation is 1. The number of halogens is 1. The third-order valence-corrected chi connectivity index (χ3v) is 5.20. The van der Waals surface area contributed by atoms with Gasteiger partial charge in [-0.25, -0.2) is 4.98 Å². The monoisotopic (exact) mass is 400 g/mol. The van der Waals surface area contributed by atoms with Crippen LogP contribution in [0.5, 0.6) is 0 Å². The molecule has 1 fully saturated rings. The Morgan fingerprint density at radius 1 is 1.18 bits per heavy atom. The summed E-state index contributed by atoms with van der Waals surface area (Å²) in [5, 5.41) is 3.44. The van der Waals surface area contributed by atoms with E-state index in [0.717, 1.165) is 43.0 Å². The van der Waals surface area contributed by atoms with Gasteiger partial charge >= 0.3 is 0 Å². The molecule has 0 aliphatic carbocycles. The second kappa shape index (κ2) is 9.06. The first-order chi connectivity index (χ1) is 13.4. The molecule has 0 atom stereocenters. The molecule has 7 heteroatoms. The fourth-order valence-corrected chi connectivity index (χ4v) is 3.46. The van der Waals surface area contributed by atoms with Crippen molar-refractivity contribution in [3.8, 4) is 0 Å². The Balaban J connectivity index is 1.48. The topological polar surface area (TPSA) is 65.5 Å². The molecule has 2 heterocycles. The lowest BCUT2D eigenvalue weighted by Crippen LogP contribution is -2.43. The quantitative estimate of drug-likeness (QED) is 0.835. The fraction of sp³-hybridized carbons (Fsp3) is 0.381. The first-order valence-corrected chi connectivity index (χ1v) is 9.78. The average molecular weight is 401 g/mol. The number of aromatic nitrogens is 1. The van der Waals surface area contributed by atoms with Gasteiger partial charge in [0.2, 0.25) is 11.8 Å². The zero-order valence-corrected chi connectivity index (χ0v) is 16.9. The highest BCUT2D eigenvalue weighted by molar-refractivity contribution is 6.30. The van der Waals surface area contributed by atoms with Crippen molar-refractivity contribution in [2.75, 3.05) is 36.9 Å². The zero-order valence-electron chi connectivity index (χ0n) is 16.2. The lowest BCUT2D eigenvalue weighted by molar-refractivity contribution is -0.137.